The molecule has 2 unspecified atom stereocenters. The Kier molecular flexibility index (Phi) is 6.02. The summed E-state index contributed by atoms with van der Waals surface area (Å²) in [5.41, 5.74) is 5.43. The van der Waals surface area contributed by atoms with Crippen molar-refractivity contribution in [3.05, 3.63) is 0 Å². The van der Waals surface area contributed by atoms with Crippen LogP contribution in [0.1, 0.15) is 26.7 Å². The Bertz CT molecular complexity index is 299. The maximum absolute atomic E-state index is 11.9. The van der Waals surface area contributed by atoms with E-state index in [2.05, 4.69) is 18.7 Å². The molecular formula is C13H25N3OS. The van der Waals surface area contributed by atoms with Crippen molar-refractivity contribution in [3.8, 4) is 0 Å². The fourth-order valence-electron chi connectivity index (χ4n) is 2.28. The van der Waals surface area contributed by atoms with Gasteiger partial charge in [0.1, 0.15) is 0 Å². The summed E-state index contributed by atoms with van der Waals surface area (Å²) in [7, 11) is 1.82. The van der Waals surface area contributed by atoms with Gasteiger partial charge >= 0.3 is 0 Å². The Labute approximate surface area is 115 Å². The van der Waals surface area contributed by atoms with Gasteiger partial charge in [-0.25, -0.2) is 0 Å². The van der Waals surface area contributed by atoms with Crippen molar-refractivity contribution in [2.24, 2.45) is 17.6 Å². The maximum Gasteiger partial charge on any atom is 0.223 e. The van der Waals surface area contributed by atoms with Crippen LogP contribution in [0.2, 0.25) is 0 Å². The third-order valence-electron chi connectivity index (χ3n) is 3.83. The Morgan fingerprint density at radius 1 is 1.33 bits per heavy atom. The standard InChI is InChI=1S/C13H25N3OS/c1-10-8-16(9-11(10)2)7-5-13(17)15(3)6-4-12(14)18/h10-11H,4-9H2,1-3H3,(H2,14,18). The number of nitrogens with zero attached hydrogens (tertiary/aromatic N) is 2. The van der Waals surface area contributed by atoms with E-state index < -0.39 is 0 Å². The molecule has 4 nitrogen and oxygen atoms in total. The largest absolute Gasteiger partial charge is 0.393 e. The summed E-state index contributed by atoms with van der Waals surface area (Å²) >= 11 is 4.81. The second-order valence-electron chi connectivity index (χ2n) is 5.50. The fraction of sp³-hybridized carbons (Fsp3) is 0.846. The molecule has 1 fully saturated rings. The van der Waals surface area contributed by atoms with Gasteiger partial charge in [-0.1, -0.05) is 26.1 Å². The first-order valence-electron chi connectivity index (χ1n) is 6.64. The van der Waals surface area contributed by atoms with E-state index >= 15 is 0 Å². The lowest BCUT2D eigenvalue weighted by molar-refractivity contribution is -0.130. The smallest absolute Gasteiger partial charge is 0.223 e. The van der Waals surface area contributed by atoms with Gasteiger partial charge < -0.3 is 15.5 Å². The van der Waals surface area contributed by atoms with Crippen molar-refractivity contribution in [2.45, 2.75) is 26.7 Å². The molecule has 2 N–H and O–H groups in total. The lowest BCUT2D eigenvalue weighted by atomic mass is 10.0. The normalized spacial score (nSPS) is 24.2. The summed E-state index contributed by atoms with van der Waals surface area (Å²) in [5.74, 6) is 1.67. The first-order valence-corrected chi connectivity index (χ1v) is 7.05. The molecule has 1 rings (SSSR count). The Balaban J connectivity index is 2.22. The lowest BCUT2D eigenvalue weighted by Gasteiger charge is -2.19. The van der Waals surface area contributed by atoms with Gasteiger partial charge in [-0.15, -0.1) is 0 Å². The fourth-order valence-corrected chi connectivity index (χ4v) is 2.37. The Hall–Kier alpha value is -0.680. The zero-order valence-corrected chi connectivity index (χ0v) is 12.5. The minimum Gasteiger partial charge on any atom is -0.393 e. The third kappa shape index (κ3) is 4.90. The molecule has 1 heterocycles. The molecule has 0 aromatic rings. The molecule has 1 amide bonds. The molecule has 1 saturated heterocycles. The van der Waals surface area contributed by atoms with Crippen LogP contribution in [0.5, 0.6) is 0 Å². The number of amides is 1. The molecule has 0 saturated carbocycles. The molecule has 0 spiro atoms. The van der Waals surface area contributed by atoms with Crippen molar-refractivity contribution < 1.29 is 4.79 Å². The molecule has 0 aliphatic carbocycles. The number of hydrogen-bond acceptors (Lipinski definition) is 3. The molecule has 0 aromatic carbocycles. The highest BCUT2D eigenvalue weighted by molar-refractivity contribution is 7.80. The molecule has 0 bridgehead atoms. The zero-order valence-electron chi connectivity index (χ0n) is 11.7. The van der Waals surface area contributed by atoms with E-state index in [9.17, 15) is 4.79 Å². The first-order chi connectivity index (χ1) is 8.40. The van der Waals surface area contributed by atoms with E-state index in [0.717, 1.165) is 31.5 Å². The summed E-state index contributed by atoms with van der Waals surface area (Å²) in [6.07, 6.45) is 1.20. The second-order valence-corrected chi connectivity index (χ2v) is 6.02. The van der Waals surface area contributed by atoms with E-state index in [1.807, 2.05) is 7.05 Å². The maximum atomic E-state index is 11.9. The van der Waals surface area contributed by atoms with Crippen LogP contribution >= 0.6 is 12.2 Å². The van der Waals surface area contributed by atoms with Crippen molar-refractivity contribution in [1.82, 2.24) is 9.80 Å². The van der Waals surface area contributed by atoms with E-state index in [4.69, 9.17) is 18.0 Å². The van der Waals surface area contributed by atoms with Crippen LogP contribution in [0.15, 0.2) is 0 Å². The lowest BCUT2D eigenvalue weighted by Crippen LogP contribution is -2.33. The second kappa shape index (κ2) is 7.04. The number of carbonyl (C=O) groups excluding carboxylic acids is 1. The average molecular weight is 271 g/mol. The van der Waals surface area contributed by atoms with E-state index in [0.29, 0.717) is 24.4 Å². The van der Waals surface area contributed by atoms with Crippen molar-refractivity contribution >= 4 is 23.1 Å². The van der Waals surface area contributed by atoms with Crippen LogP contribution in [-0.4, -0.2) is 53.9 Å². The van der Waals surface area contributed by atoms with E-state index in [-0.39, 0.29) is 5.91 Å². The minimum atomic E-state index is 0.179. The van der Waals surface area contributed by atoms with Crippen LogP contribution in [0.4, 0.5) is 0 Å². The van der Waals surface area contributed by atoms with Gasteiger partial charge in [0.2, 0.25) is 5.91 Å². The highest BCUT2D eigenvalue weighted by Crippen LogP contribution is 2.21. The molecule has 2 atom stereocenters. The van der Waals surface area contributed by atoms with Gasteiger partial charge in [0.05, 0.1) is 4.99 Å². The van der Waals surface area contributed by atoms with Crippen molar-refractivity contribution in [1.29, 1.82) is 0 Å². The van der Waals surface area contributed by atoms with Crippen LogP contribution in [0.3, 0.4) is 0 Å². The monoisotopic (exact) mass is 271 g/mol. The minimum absolute atomic E-state index is 0.179. The molecule has 104 valence electrons. The Morgan fingerprint density at radius 2 is 1.89 bits per heavy atom. The van der Waals surface area contributed by atoms with E-state index in [1.165, 1.54) is 0 Å². The van der Waals surface area contributed by atoms with Crippen LogP contribution in [0, 0.1) is 11.8 Å². The molecule has 1 aliphatic heterocycles. The number of hydrogen-bond donors (Lipinski definition) is 1. The topological polar surface area (TPSA) is 49.6 Å². The number of likely N-dealkylation sites (tertiary alicyclic amines) is 1. The van der Waals surface area contributed by atoms with Crippen molar-refractivity contribution in [3.63, 3.8) is 0 Å². The summed E-state index contributed by atoms with van der Waals surface area (Å²) in [6, 6.07) is 0. The summed E-state index contributed by atoms with van der Waals surface area (Å²) in [4.78, 5) is 16.5. The molecule has 18 heavy (non-hydrogen) atoms. The van der Waals surface area contributed by atoms with Gasteiger partial charge in [-0.2, -0.15) is 0 Å². The number of rotatable bonds is 6. The summed E-state index contributed by atoms with van der Waals surface area (Å²) in [6.45, 7) is 8.28. The van der Waals surface area contributed by atoms with Gasteiger partial charge in [0.25, 0.3) is 0 Å². The summed E-state index contributed by atoms with van der Waals surface area (Å²) in [5, 5.41) is 0. The highest BCUT2D eigenvalue weighted by Gasteiger charge is 2.26. The van der Waals surface area contributed by atoms with Crippen LogP contribution in [0.25, 0.3) is 0 Å². The van der Waals surface area contributed by atoms with Gasteiger partial charge in [0, 0.05) is 46.1 Å². The summed E-state index contributed by atoms with van der Waals surface area (Å²) < 4.78 is 0. The molecule has 0 radical (unpaired) electrons. The predicted molar refractivity (Wildman–Crippen MR) is 78.4 cm³/mol. The van der Waals surface area contributed by atoms with E-state index in [1.54, 1.807) is 4.90 Å². The molecule has 1 aliphatic rings. The predicted octanol–water partition coefficient (Wildman–Crippen LogP) is 1.10. The quantitative estimate of drug-likeness (QED) is 0.735. The highest BCUT2D eigenvalue weighted by atomic mass is 32.1. The van der Waals surface area contributed by atoms with Crippen LogP contribution < -0.4 is 5.73 Å². The Morgan fingerprint density at radius 3 is 2.39 bits per heavy atom. The van der Waals surface area contributed by atoms with Crippen molar-refractivity contribution in [2.75, 3.05) is 33.2 Å². The number of carbonyl (C=O) groups is 1. The van der Waals surface area contributed by atoms with Gasteiger partial charge in [0.15, 0.2) is 0 Å². The molecule has 0 aromatic heterocycles. The molecular weight excluding hydrogens is 246 g/mol. The van der Waals surface area contributed by atoms with Crippen LogP contribution in [-0.2, 0) is 4.79 Å². The zero-order chi connectivity index (χ0) is 13.7. The average Bonchev–Trinajstić information content (AvgIpc) is 2.62. The SMILES string of the molecule is CC1CN(CCC(=O)N(C)CCC(N)=S)CC1C. The number of thiocarbonyl (C=S) groups is 1. The van der Waals surface area contributed by atoms with Gasteiger partial charge in [-0.05, 0) is 11.8 Å². The van der Waals surface area contributed by atoms with Gasteiger partial charge in [-0.3, -0.25) is 4.79 Å². The third-order valence-corrected chi connectivity index (χ3v) is 4.03. The molecule has 5 heteroatoms. The first kappa shape index (κ1) is 15.4. The number of nitrogens with two attached hydrogens (primary N) is 1.